The Bertz CT molecular complexity index is 578. The third-order valence-corrected chi connectivity index (χ3v) is 2.94. The van der Waals surface area contributed by atoms with Crippen molar-refractivity contribution in [3.05, 3.63) is 29.7 Å². The maximum Gasteiger partial charge on any atom is 0.290 e. The molecule has 0 unspecified atom stereocenters. The van der Waals surface area contributed by atoms with Gasteiger partial charge < -0.3 is 14.4 Å². The van der Waals surface area contributed by atoms with E-state index < -0.39 is 0 Å². The second kappa shape index (κ2) is 7.53. The summed E-state index contributed by atoms with van der Waals surface area (Å²) in [6.45, 7) is 7.14. The highest BCUT2D eigenvalue weighted by Crippen LogP contribution is 2.29. The van der Waals surface area contributed by atoms with E-state index in [0.29, 0.717) is 17.7 Å². The summed E-state index contributed by atoms with van der Waals surface area (Å²) in [6.07, 6.45) is 1.04. The van der Waals surface area contributed by atoms with Crippen molar-refractivity contribution in [3.8, 4) is 5.75 Å². The lowest BCUT2D eigenvalue weighted by Crippen LogP contribution is -1.99. The maximum absolute atomic E-state index is 14.2. The molecule has 1 heterocycles. The first-order chi connectivity index (χ1) is 9.60. The zero-order valence-electron chi connectivity index (χ0n) is 12.0. The number of hydrogen-bond donors (Lipinski definition) is 1. The SMILES string of the molecule is CCCn1c(C)cc2c(F)c(OCC)ccc21.O=CO. The van der Waals surface area contributed by atoms with Gasteiger partial charge in [0.1, 0.15) is 0 Å². The number of aromatic nitrogens is 1. The Balaban J connectivity index is 0.000000612. The molecule has 0 spiro atoms. The molecule has 0 saturated carbocycles. The Morgan fingerprint density at radius 2 is 2.05 bits per heavy atom. The van der Waals surface area contributed by atoms with Gasteiger partial charge in [0.15, 0.2) is 11.6 Å². The van der Waals surface area contributed by atoms with E-state index in [1.54, 1.807) is 6.07 Å². The van der Waals surface area contributed by atoms with Gasteiger partial charge in [0, 0.05) is 17.6 Å². The zero-order valence-corrected chi connectivity index (χ0v) is 12.0. The normalized spacial score (nSPS) is 10.0. The highest BCUT2D eigenvalue weighted by atomic mass is 19.1. The second-order valence-electron chi connectivity index (χ2n) is 4.29. The molecule has 0 aliphatic rings. The lowest BCUT2D eigenvalue weighted by molar-refractivity contribution is -0.122. The Morgan fingerprint density at radius 1 is 1.40 bits per heavy atom. The van der Waals surface area contributed by atoms with Crippen LogP contribution in [0, 0.1) is 12.7 Å². The molecular weight excluding hydrogens is 261 g/mol. The number of halogens is 1. The minimum atomic E-state index is -0.250. The van der Waals surface area contributed by atoms with Gasteiger partial charge in [-0.05, 0) is 38.5 Å². The fourth-order valence-corrected chi connectivity index (χ4v) is 2.20. The van der Waals surface area contributed by atoms with Crippen molar-refractivity contribution in [2.75, 3.05) is 6.61 Å². The van der Waals surface area contributed by atoms with Crippen LogP contribution in [0.3, 0.4) is 0 Å². The Kier molecular flexibility index (Phi) is 6.03. The van der Waals surface area contributed by atoms with Gasteiger partial charge in [0.2, 0.25) is 0 Å². The number of fused-ring (bicyclic) bond motifs is 1. The third-order valence-electron chi connectivity index (χ3n) is 2.94. The topological polar surface area (TPSA) is 51.5 Å². The van der Waals surface area contributed by atoms with E-state index in [4.69, 9.17) is 14.6 Å². The summed E-state index contributed by atoms with van der Waals surface area (Å²) < 4.78 is 21.6. The van der Waals surface area contributed by atoms with E-state index in [1.807, 2.05) is 26.0 Å². The van der Waals surface area contributed by atoms with Crippen LogP contribution >= 0.6 is 0 Å². The number of aryl methyl sites for hydroxylation is 2. The van der Waals surface area contributed by atoms with Crippen LogP contribution in [-0.2, 0) is 11.3 Å². The highest BCUT2D eigenvalue weighted by Gasteiger charge is 2.13. The smallest absolute Gasteiger partial charge is 0.290 e. The van der Waals surface area contributed by atoms with Crippen LogP contribution in [0.1, 0.15) is 26.0 Å². The lowest BCUT2D eigenvalue weighted by Gasteiger charge is -2.08. The number of rotatable bonds is 4. The summed E-state index contributed by atoms with van der Waals surface area (Å²) >= 11 is 0. The minimum absolute atomic E-state index is 0.248. The van der Waals surface area contributed by atoms with Crippen LogP contribution in [0.5, 0.6) is 5.75 Å². The Labute approximate surface area is 117 Å². The fraction of sp³-hybridized carbons (Fsp3) is 0.400. The molecule has 0 fully saturated rings. The van der Waals surface area contributed by atoms with E-state index in [2.05, 4.69) is 11.5 Å². The van der Waals surface area contributed by atoms with Crippen molar-refractivity contribution in [2.45, 2.75) is 33.7 Å². The molecule has 4 nitrogen and oxygen atoms in total. The number of hydrogen-bond acceptors (Lipinski definition) is 2. The average Bonchev–Trinajstić information content (AvgIpc) is 2.73. The van der Waals surface area contributed by atoms with E-state index in [0.717, 1.165) is 24.2 Å². The molecule has 0 aliphatic heterocycles. The molecule has 0 bridgehead atoms. The molecule has 0 saturated heterocycles. The van der Waals surface area contributed by atoms with E-state index in [1.165, 1.54) is 0 Å². The predicted octanol–water partition coefficient (Wildman–Crippen LogP) is 3.60. The van der Waals surface area contributed by atoms with Crippen molar-refractivity contribution in [1.29, 1.82) is 0 Å². The molecule has 0 aliphatic carbocycles. The van der Waals surface area contributed by atoms with Gasteiger partial charge in [-0.25, -0.2) is 4.39 Å². The first kappa shape index (κ1) is 16.0. The van der Waals surface area contributed by atoms with Gasteiger partial charge in [0.25, 0.3) is 6.47 Å². The molecule has 2 rings (SSSR count). The van der Waals surface area contributed by atoms with Crippen LogP contribution in [0.15, 0.2) is 18.2 Å². The fourth-order valence-electron chi connectivity index (χ4n) is 2.20. The number of carbonyl (C=O) groups is 1. The molecule has 2 aromatic rings. The second-order valence-corrected chi connectivity index (χ2v) is 4.29. The van der Waals surface area contributed by atoms with E-state index >= 15 is 0 Å². The van der Waals surface area contributed by atoms with Gasteiger partial charge >= 0.3 is 0 Å². The average molecular weight is 281 g/mol. The van der Waals surface area contributed by atoms with Crippen LogP contribution in [-0.4, -0.2) is 22.8 Å². The molecule has 1 aromatic heterocycles. The predicted molar refractivity (Wildman–Crippen MR) is 76.8 cm³/mol. The molecule has 1 aromatic carbocycles. The summed E-state index contributed by atoms with van der Waals surface area (Å²) in [5, 5.41) is 7.54. The van der Waals surface area contributed by atoms with Gasteiger partial charge in [0.05, 0.1) is 12.1 Å². The van der Waals surface area contributed by atoms with Crippen molar-refractivity contribution >= 4 is 17.4 Å². The summed E-state index contributed by atoms with van der Waals surface area (Å²) in [4.78, 5) is 8.36. The Hall–Kier alpha value is -2.04. The minimum Gasteiger partial charge on any atom is -0.491 e. The molecule has 110 valence electrons. The summed E-state index contributed by atoms with van der Waals surface area (Å²) in [7, 11) is 0. The largest absolute Gasteiger partial charge is 0.491 e. The van der Waals surface area contributed by atoms with Crippen molar-refractivity contribution in [2.24, 2.45) is 0 Å². The van der Waals surface area contributed by atoms with E-state index in [-0.39, 0.29) is 12.3 Å². The third kappa shape index (κ3) is 3.29. The van der Waals surface area contributed by atoms with Gasteiger partial charge in [-0.15, -0.1) is 0 Å². The quantitative estimate of drug-likeness (QED) is 0.871. The molecule has 1 N–H and O–H groups in total. The molecule has 0 amide bonds. The molecule has 5 heteroatoms. The standard InChI is InChI=1S/C14H18FNO.CH2O2/c1-4-8-16-10(3)9-11-12(16)6-7-13(14(11)15)17-5-2;2-1-3/h6-7,9H,4-5,8H2,1-3H3;1H,(H,2,3). The molecule has 20 heavy (non-hydrogen) atoms. The molecular formula is C15H20FNO3. The number of benzene rings is 1. The van der Waals surface area contributed by atoms with Crippen LogP contribution in [0.4, 0.5) is 4.39 Å². The molecule has 0 radical (unpaired) electrons. The highest BCUT2D eigenvalue weighted by molar-refractivity contribution is 5.83. The Morgan fingerprint density at radius 3 is 2.60 bits per heavy atom. The summed E-state index contributed by atoms with van der Waals surface area (Å²) in [5.74, 6) is 0.0935. The zero-order chi connectivity index (χ0) is 15.1. The lowest BCUT2D eigenvalue weighted by atomic mass is 10.2. The van der Waals surface area contributed by atoms with Gasteiger partial charge in [-0.2, -0.15) is 0 Å². The summed E-state index contributed by atoms with van der Waals surface area (Å²) in [6, 6.07) is 5.54. The van der Waals surface area contributed by atoms with Gasteiger partial charge in [-0.3, -0.25) is 4.79 Å². The summed E-state index contributed by atoms with van der Waals surface area (Å²) in [5.41, 5.74) is 2.04. The number of nitrogens with zero attached hydrogens (tertiary/aromatic N) is 1. The van der Waals surface area contributed by atoms with Crippen LogP contribution < -0.4 is 4.74 Å². The van der Waals surface area contributed by atoms with E-state index in [9.17, 15) is 4.39 Å². The first-order valence-electron chi connectivity index (χ1n) is 6.59. The monoisotopic (exact) mass is 281 g/mol. The van der Waals surface area contributed by atoms with Crippen molar-refractivity contribution in [1.82, 2.24) is 4.57 Å². The van der Waals surface area contributed by atoms with Gasteiger partial charge in [-0.1, -0.05) is 6.92 Å². The number of ether oxygens (including phenoxy) is 1. The van der Waals surface area contributed by atoms with Crippen molar-refractivity contribution in [3.63, 3.8) is 0 Å². The number of carboxylic acid groups (broad SMARTS) is 1. The van der Waals surface area contributed by atoms with Crippen molar-refractivity contribution < 1.29 is 19.0 Å². The molecule has 0 atom stereocenters. The first-order valence-corrected chi connectivity index (χ1v) is 6.59. The maximum atomic E-state index is 14.2. The van der Waals surface area contributed by atoms with Crippen LogP contribution in [0.2, 0.25) is 0 Å². The van der Waals surface area contributed by atoms with Crippen LogP contribution in [0.25, 0.3) is 10.9 Å².